The van der Waals surface area contributed by atoms with Gasteiger partial charge < -0.3 is 15.2 Å². The zero-order chi connectivity index (χ0) is 19.8. The molecule has 0 bridgehead atoms. The summed E-state index contributed by atoms with van der Waals surface area (Å²) >= 11 is 3.10. The van der Waals surface area contributed by atoms with Crippen molar-refractivity contribution in [1.82, 2.24) is 4.98 Å². The van der Waals surface area contributed by atoms with Crippen LogP contribution < -0.4 is 10.2 Å². The number of thioether (sulfide) groups is 1. The monoisotopic (exact) mass is 419 g/mol. The van der Waals surface area contributed by atoms with Gasteiger partial charge >= 0.3 is 0 Å². The molecule has 29 heavy (non-hydrogen) atoms. The third-order valence-corrected chi connectivity index (χ3v) is 6.68. The fraction of sp³-hybridized carbons (Fsp3) is 0.0909. The van der Waals surface area contributed by atoms with Crippen molar-refractivity contribution in [2.24, 2.45) is 0 Å². The molecule has 2 amide bonds. The summed E-state index contributed by atoms with van der Waals surface area (Å²) in [7, 11) is 0. The van der Waals surface area contributed by atoms with Gasteiger partial charge in [-0.25, -0.2) is 0 Å². The lowest BCUT2D eigenvalue weighted by atomic mass is 10.1. The topological polar surface area (TPSA) is 65.2 Å². The lowest BCUT2D eigenvalue weighted by molar-refractivity contribution is -0.116. The molecule has 7 heteroatoms. The lowest BCUT2D eigenvalue weighted by Crippen LogP contribution is -2.34. The average molecular weight is 420 g/mol. The van der Waals surface area contributed by atoms with Crippen LogP contribution in [-0.4, -0.2) is 22.6 Å². The van der Waals surface area contributed by atoms with E-state index in [0.29, 0.717) is 17.9 Å². The minimum Gasteiger partial charge on any atom is -0.359 e. The standard InChI is InChI=1S/C22H17N3O2S2/c26-21-13-29-20-9-15(5-6-19(20)25(21)11-14-7-8-28-12-14)22(27)24-18-10-23-17-4-2-1-3-16(17)18/h1-10,12,23H,11,13H2,(H,24,27). The second-order valence-electron chi connectivity index (χ2n) is 6.78. The van der Waals surface area contributed by atoms with Gasteiger partial charge in [-0.05, 0) is 46.7 Å². The molecule has 0 spiro atoms. The first-order valence-corrected chi connectivity index (χ1v) is 11.1. The number of thiophene rings is 1. The van der Waals surface area contributed by atoms with Crippen LogP contribution >= 0.6 is 23.1 Å². The van der Waals surface area contributed by atoms with Crippen molar-refractivity contribution in [2.75, 3.05) is 16.0 Å². The van der Waals surface area contributed by atoms with Crippen LogP contribution in [0.1, 0.15) is 15.9 Å². The molecule has 0 atom stereocenters. The molecular weight excluding hydrogens is 402 g/mol. The molecular formula is C22H17N3O2S2. The van der Waals surface area contributed by atoms with Crippen LogP contribution in [0.25, 0.3) is 10.9 Å². The van der Waals surface area contributed by atoms with Gasteiger partial charge in [-0.2, -0.15) is 11.3 Å². The highest BCUT2D eigenvalue weighted by Crippen LogP contribution is 2.37. The SMILES string of the molecule is O=C(Nc1c[nH]c2ccccc12)c1ccc2c(c1)SCC(=O)N2Cc1ccsc1. The van der Waals surface area contributed by atoms with Gasteiger partial charge in [0.05, 0.1) is 23.7 Å². The molecule has 2 N–H and O–H groups in total. The number of benzene rings is 2. The van der Waals surface area contributed by atoms with Crippen molar-refractivity contribution in [2.45, 2.75) is 11.4 Å². The summed E-state index contributed by atoms with van der Waals surface area (Å²) in [6.07, 6.45) is 1.80. The number of carbonyl (C=O) groups excluding carboxylic acids is 2. The molecule has 0 saturated heterocycles. The van der Waals surface area contributed by atoms with Gasteiger partial charge in [-0.3, -0.25) is 9.59 Å². The number of aromatic nitrogens is 1. The van der Waals surface area contributed by atoms with E-state index in [1.54, 1.807) is 28.5 Å². The molecule has 0 radical (unpaired) electrons. The summed E-state index contributed by atoms with van der Waals surface area (Å²) in [5.41, 5.74) is 4.28. The average Bonchev–Trinajstić information content (AvgIpc) is 3.40. The Bertz CT molecular complexity index is 1210. The van der Waals surface area contributed by atoms with E-state index in [9.17, 15) is 9.59 Å². The number of amides is 2. The van der Waals surface area contributed by atoms with Crippen molar-refractivity contribution in [3.8, 4) is 0 Å². The molecule has 2 aromatic carbocycles. The first-order valence-electron chi connectivity index (χ1n) is 9.15. The Morgan fingerprint density at radius 1 is 1.17 bits per heavy atom. The van der Waals surface area contributed by atoms with Gasteiger partial charge in [0.1, 0.15) is 0 Å². The Morgan fingerprint density at radius 2 is 2.07 bits per heavy atom. The van der Waals surface area contributed by atoms with E-state index in [1.807, 2.05) is 47.8 Å². The number of aromatic amines is 1. The number of anilines is 2. The fourth-order valence-corrected chi connectivity index (χ4v) is 5.08. The Labute approximate surface area is 175 Å². The summed E-state index contributed by atoms with van der Waals surface area (Å²) in [6.45, 7) is 0.552. The van der Waals surface area contributed by atoms with E-state index in [4.69, 9.17) is 0 Å². The smallest absolute Gasteiger partial charge is 0.255 e. The minimum atomic E-state index is -0.167. The van der Waals surface area contributed by atoms with Crippen molar-refractivity contribution in [3.63, 3.8) is 0 Å². The number of nitrogens with zero attached hydrogens (tertiary/aromatic N) is 1. The van der Waals surface area contributed by atoms with Crippen molar-refractivity contribution >= 4 is 57.2 Å². The zero-order valence-corrected chi connectivity index (χ0v) is 17.0. The van der Waals surface area contributed by atoms with Crippen LogP contribution in [0.3, 0.4) is 0 Å². The number of hydrogen-bond acceptors (Lipinski definition) is 4. The zero-order valence-electron chi connectivity index (χ0n) is 15.3. The molecule has 5 nitrogen and oxygen atoms in total. The van der Waals surface area contributed by atoms with Crippen LogP contribution in [-0.2, 0) is 11.3 Å². The highest BCUT2D eigenvalue weighted by atomic mass is 32.2. The Balaban J connectivity index is 1.41. The molecule has 1 aliphatic rings. The van der Waals surface area contributed by atoms with Crippen molar-refractivity contribution in [1.29, 1.82) is 0 Å². The predicted molar refractivity (Wildman–Crippen MR) is 119 cm³/mol. The molecule has 2 aromatic heterocycles. The van der Waals surface area contributed by atoms with Crippen LogP contribution in [0.4, 0.5) is 11.4 Å². The summed E-state index contributed by atoms with van der Waals surface area (Å²) in [6, 6.07) is 15.4. The van der Waals surface area contributed by atoms with E-state index < -0.39 is 0 Å². The Morgan fingerprint density at radius 3 is 2.93 bits per heavy atom. The summed E-state index contributed by atoms with van der Waals surface area (Å²) in [5, 5.41) is 8.02. The Hall–Kier alpha value is -3.03. The molecule has 144 valence electrons. The molecule has 1 aliphatic heterocycles. The van der Waals surface area contributed by atoms with E-state index in [2.05, 4.69) is 15.7 Å². The largest absolute Gasteiger partial charge is 0.359 e. The molecule has 3 heterocycles. The van der Waals surface area contributed by atoms with Crippen LogP contribution in [0.2, 0.25) is 0 Å². The van der Waals surface area contributed by atoms with Crippen LogP contribution in [0.5, 0.6) is 0 Å². The normalized spacial score (nSPS) is 13.5. The number of hydrogen-bond donors (Lipinski definition) is 2. The molecule has 5 rings (SSSR count). The van der Waals surface area contributed by atoms with Gasteiger partial charge in [-0.1, -0.05) is 18.2 Å². The summed E-state index contributed by atoms with van der Waals surface area (Å²) < 4.78 is 0. The second-order valence-corrected chi connectivity index (χ2v) is 8.58. The van der Waals surface area contributed by atoms with Gasteiger partial charge in [0.25, 0.3) is 5.91 Å². The van der Waals surface area contributed by atoms with Crippen LogP contribution in [0.15, 0.2) is 70.4 Å². The summed E-state index contributed by atoms with van der Waals surface area (Å²) in [5.74, 6) is 0.300. The Kier molecular flexibility index (Phi) is 4.61. The first kappa shape index (κ1) is 18.0. The van der Waals surface area contributed by atoms with Gasteiger partial charge in [0.2, 0.25) is 5.91 Å². The first-order chi connectivity index (χ1) is 14.2. The van der Waals surface area contributed by atoms with Gasteiger partial charge in [0, 0.05) is 27.6 Å². The predicted octanol–water partition coefficient (Wildman–Crippen LogP) is 5.12. The quantitative estimate of drug-likeness (QED) is 0.482. The maximum atomic E-state index is 12.8. The molecule has 0 unspecified atom stereocenters. The number of fused-ring (bicyclic) bond motifs is 2. The molecule has 0 aliphatic carbocycles. The molecule has 0 saturated carbocycles. The van der Waals surface area contributed by atoms with E-state index in [0.717, 1.165) is 32.7 Å². The number of rotatable bonds is 4. The second kappa shape index (κ2) is 7.42. The van der Waals surface area contributed by atoms with Crippen LogP contribution in [0, 0.1) is 0 Å². The summed E-state index contributed by atoms with van der Waals surface area (Å²) in [4.78, 5) is 31.2. The number of carbonyl (C=O) groups is 2. The van der Waals surface area contributed by atoms with Crippen molar-refractivity contribution < 1.29 is 9.59 Å². The maximum absolute atomic E-state index is 12.8. The van der Waals surface area contributed by atoms with Crippen molar-refractivity contribution in [3.05, 3.63) is 76.6 Å². The molecule has 0 fully saturated rings. The third kappa shape index (κ3) is 3.43. The molecule has 4 aromatic rings. The number of H-pyrrole nitrogens is 1. The fourth-order valence-electron chi connectivity index (χ4n) is 3.45. The lowest BCUT2D eigenvalue weighted by Gasteiger charge is -2.29. The van der Waals surface area contributed by atoms with Gasteiger partial charge in [0.15, 0.2) is 0 Å². The van der Waals surface area contributed by atoms with Gasteiger partial charge in [-0.15, -0.1) is 11.8 Å². The maximum Gasteiger partial charge on any atom is 0.255 e. The third-order valence-electron chi connectivity index (χ3n) is 4.92. The minimum absolute atomic E-state index is 0.0877. The van der Waals surface area contributed by atoms with E-state index >= 15 is 0 Å². The highest BCUT2D eigenvalue weighted by molar-refractivity contribution is 8.00. The number of nitrogens with one attached hydrogen (secondary N) is 2. The van der Waals surface area contributed by atoms with E-state index in [-0.39, 0.29) is 11.8 Å². The number of para-hydroxylation sites is 1. The van der Waals surface area contributed by atoms with E-state index in [1.165, 1.54) is 11.8 Å². The highest BCUT2D eigenvalue weighted by Gasteiger charge is 2.26.